The summed E-state index contributed by atoms with van der Waals surface area (Å²) in [5.41, 5.74) is 1.35. The van der Waals surface area contributed by atoms with E-state index in [1.807, 2.05) is 13.0 Å². The van der Waals surface area contributed by atoms with Gasteiger partial charge >= 0.3 is 0 Å². The average Bonchev–Trinajstić information content (AvgIpc) is 2.41. The van der Waals surface area contributed by atoms with E-state index in [9.17, 15) is 14.7 Å². The number of aryl methyl sites for hydroxylation is 1. The van der Waals surface area contributed by atoms with Crippen LogP contribution in [0.4, 0.5) is 0 Å². The Labute approximate surface area is 117 Å². The summed E-state index contributed by atoms with van der Waals surface area (Å²) in [6.07, 6.45) is 0.0184. The van der Waals surface area contributed by atoms with E-state index in [2.05, 4.69) is 10.6 Å². The molecule has 0 saturated carbocycles. The Morgan fingerprint density at radius 3 is 2.80 bits per heavy atom. The van der Waals surface area contributed by atoms with Gasteiger partial charge in [-0.1, -0.05) is 0 Å². The second-order valence-electron chi connectivity index (χ2n) is 4.87. The van der Waals surface area contributed by atoms with Crippen molar-refractivity contribution in [3.8, 4) is 5.75 Å². The van der Waals surface area contributed by atoms with Crippen LogP contribution in [0, 0.1) is 6.92 Å². The molecule has 6 heteroatoms. The fourth-order valence-corrected chi connectivity index (χ4v) is 2.17. The summed E-state index contributed by atoms with van der Waals surface area (Å²) in [6, 6.07) is 4.56. The summed E-state index contributed by atoms with van der Waals surface area (Å²) < 4.78 is 5.12. The third kappa shape index (κ3) is 3.27. The molecule has 108 valence electrons. The van der Waals surface area contributed by atoms with Crippen molar-refractivity contribution in [1.82, 2.24) is 10.6 Å². The highest BCUT2D eigenvalue weighted by molar-refractivity contribution is 5.98. The summed E-state index contributed by atoms with van der Waals surface area (Å²) in [5.74, 6) is -0.0982. The Bertz CT molecular complexity index is 530. The van der Waals surface area contributed by atoms with E-state index < -0.39 is 12.3 Å². The number of benzene rings is 1. The Hall–Kier alpha value is -2.08. The lowest BCUT2D eigenvalue weighted by Gasteiger charge is -2.26. The van der Waals surface area contributed by atoms with E-state index in [1.54, 1.807) is 12.1 Å². The van der Waals surface area contributed by atoms with Crippen LogP contribution >= 0.6 is 0 Å². The molecule has 6 nitrogen and oxygen atoms in total. The number of ether oxygens (including phenoxy) is 1. The van der Waals surface area contributed by atoms with E-state index in [4.69, 9.17) is 4.74 Å². The number of nitrogens with one attached hydrogen (secondary N) is 2. The number of hydrogen-bond donors (Lipinski definition) is 3. The minimum absolute atomic E-state index is 0.330. The van der Waals surface area contributed by atoms with Crippen LogP contribution in [0.5, 0.6) is 5.75 Å². The molecule has 1 aliphatic heterocycles. The molecule has 3 N–H and O–H groups in total. The fourth-order valence-electron chi connectivity index (χ4n) is 2.17. The summed E-state index contributed by atoms with van der Waals surface area (Å²) in [5, 5.41) is 14.4. The van der Waals surface area contributed by atoms with Gasteiger partial charge in [0.2, 0.25) is 5.91 Å². The largest absolute Gasteiger partial charge is 0.497 e. The minimum atomic E-state index is -0.824. The quantitative estimate of drug-likeness (QED) is 0.743. The predicted octanol–water partition coefficient (Wildman–Crippen LogP) is 0.330. The first-order valence-electron chi connectivity index (χ1n) is 6.44. The number of rotatable bonds is 3. The molecule has 1 aliphatic rings. The highest BCUT2D eigenvalue weighted by Gasteiger charge is 2.28. The monoisotopic (exact) mass is 278 g/mol. The third-order valence-corrected chi connectivity index (χ3v) is 3.21. The maximum Gasteiger partial charge on any atom is 0.252 e. The van der Waals surface area contributed by atoms with E-state index >= 15 is 0 Å². The van der Waals surface area contributed by atoms with Crippen molar-refractivity contribution in [3.63, 3.8) is 0 Å². The van der Waals surface area contributed by atoms with Crippen molar-refractivity contribution >= 4 is 11.8 Å². The smallest absolute Gasteiger partial charge is 0.252 e. The van der Waals surface area contributed by atoms with Crippen LogP contribution in [0.3, 0.4) is 0 Å². The molecule has 2 unspecified atom stereocenters. The topological polar surface area (TPSA) is 87.7 Å². The zero-order chi connectivity index (χ0) is 14.7. The first kappa shape index (κ1) is 14.3. The molecule has 1 heterocycles. The van der Waals surface area contributed by atoms with Gasteiger partial charge in [0.1, 0.15) is 18.0 Å². The predicted molar refractivity (Wildman–Crippen MR) is 72.4 cm³/mol. The van der Waals surface area contributed by atoms with Crippen molar-refractivity contribution in [3.05, 3.63) is 29.3 Å². The van der Waals surface area contributed by atoms with Gasteiger partial charge in [0.05, 0.1) is 7.11 Å². The Kier molecular flexibility index (Phi) is 4.24. The summed E-state index contributed by atoms with van der Waals surface area (Å²) in [4.78, 5) is 23.8. The molecule has 1 aromatic carbocycles. The highest BCUT2D eigenvalue weighted by atomic mass is 16.5. The molecule has 0 radical (unpaired) electrons. The van der Waals surface area contributed by atoms with E-state index in [0.717, 1.165) is 5.56 Å². The van der Waals surface area contributed by atoms with Crippen LogP contribution in [0.1, 0.15) is 28.8 Å². The van der Waals surface area contributed by atoms with Crippen LogP contribution < -0.4 is 15.4 Å². The molecular weight excluding hydrogens is 260 g/mol. The number of carbonyl (C=O) groups excluding carboxylic acids is 2. The second kappa shape index (κ2) is 5.92. The molecule has 1 fully saturated rings. The van der Waals surface area contributed by atoms with Crippen LogP contribution in [0.25, 0.3) is 0 Å². The lowest BCUT2D eigenvalue weighted by molar-refractivity contribution is -0.128. The molecule has 2 rings (SSSR count). The molecular formula is C14H18N2O4. The van der Waals surface area contributed by atoms with E-state index in [1.165, 1.54) is 7.11 Å². The molecule has 1 aromatic rings. The zero-order valence-electron chi connectivity index (χ0n) is 11.5. The average molecular weight is 278 g/mol. The number of carbonyl (C=O) groups is 2. The van der Waals surface area contributed by atoms with E-state index in [-0.39, 0.29) is 11.8 Å². The van der Waals surface area contributed by atoms with Gasteiger partial charge in [-0.2, -0.15) is 0 Å². The summed E-state index contributed by atoms with van der Waals surface area (Å²) >= 11 is 0. The number of piperidine rings is 1. The highest BCUT2D eigenvalue weighted by Crippen LogP contribution is 2.17. The first-order chi connectivity index (χ1) is 9.49. The molecule has 0 aliphatic carbocycles. The number of aliphatic hydroxyl groups is 1. The lowest BCUT2D eigenvalue weighted by Crippen LogP contribution is -2.53. The van der Waals surface area contributed by atoms with Gasteiger partial charge in [0, 0.05) is 5.56 Å². The van der Waals surface area contributed by atoms with Gasteiger partial charge in [0.15, 0.2) is 0 Å². The fraction of sp³-hybridized carbons (Fsp3) is 0.429. The summed E-state index contributed by atoms with van der Waals surface area (Å²) in [6.45, 7) is 1.86. The molecule has 0 aromatic heterocycles. The maximum absolute atomic E-state index is 12.2. The molecule has 1 saturated heterocycles. The number of aliphatic hydroxyl groups excluding tert-OH is 1. The molecule has 2 atom stereocenters. The van der Waals surface area contributed by atoms with Crippen LogP contribution in [-0.2, 0) is 4.79 Å². The van der Waals surface area contributed by atoms with Gasteiger partial charge < -0.3 is 20.5 Å². The van der Waals surface area contributed by atoms with Gasteiger partial charge in [-0.15, -0.1) is 0 Å². The lowest BCUT2D eigenvalue weighted by atomic mass is 10.0. The van der Waals surface area contributed by atoms with Crippen molar-refractivity contribution in [2.75, 3.05) is 7.11 Å². The van der Waals surface area contributed by atoms with Gasteiger partial charge in [-0.05, 0) is 43.5 Å². The van der Waals surface area contributed by atoms with Crippen molar-refractivity contribution < 1.29 is 19.4 Å². The molecule has 0 bridgehead atoms. The first-order valence-corrected chi connectivity index (χ1v) is 6.44. The Morgan fingerprint density at radius 2 is 2.15 bits per heavy atom. The van der Waals surface area contributed by atoms with Crippen molar-refractivity contribution in [2.45, 2.75) is 32.0 Å². The van der Waals surface area contributed by atoms with Crippen LogP contribution in [-0.4, -0.2) is 36.3 Å². The zero-order valence-corrected chi connectivity index (χ0v) is 11.5. The van der Waals surface area contributed by atoms with Gasteiger partial charge in [0.25, 0.3) is 5.91 Å². The third-order valence-electron chi connectivity index (χ3n) is 3.21. The van der Waals surface area contributed by atoms with Gasteiger partial charge in [-0.3, -0.25) is 9.59 Å². The molecule has 20 heavy (non-hydrogen) atoms. The normalized spacial score (nSPS) is 22.1. The van der Waals surface area contributed by atoms with Crippen molar-refractivity contribution in [1.29, 1.82) is 0 Å². The minimum Gasteiger partial charge on any atom is -0.497 e. The van der Waals surface area contributed by atoms with Crippen LogP contribution in [0.15, 0.2) is 18.2 Å². The summed E-state index contributed by atoms with van der Waals surface area (Å²) in [7, 11) is 1.53. The number of methoxy groups -OCH3 is 1. The SMILES string of the molecule is COc1cc(C)cc(C(=O)NC2CCC(O)NC2=O)c1. The Morgan fingerprint density at radius 1 is 1.40 bits per heavy atom. The van der Waals surface area contributed by atoms with Gasteiger partial charge in [-0.25, -0.2) is 0 Å². The Balaban J connectivity index is 2.08. The number of amides is 2. The number of hydrogen-bond acceptors (Lipinski definition) is 4. The second-order valence-corrected chi connectivity index (χ2v) is 4.87. The molecule has 0 spiro atoms. The van der Waals surface area contributed by atoms with Crippen molar-refractivity contribution in [2.24, 2.45) is 0 Å². The standard InChI is InChI=1S/C14H18N2O4/c1-8-5-9(7-10(6-8)20-2)13(18)15-11-3-4-12(17)16-14(11)19/h5-7,11-12,17H,3-4H2,1-2H3,(H,15,18)(H,16,19). The molecule has 2 amide bonds. The van der Waals surface area contributed by atoms with E-state index in [0.29, 0.717) is 24.2 Å². The van der Waals surface area contributed by atoms with Crippen LogP contribution in [0.2, 0.25) is 0 Å². The maximum atomic E-state index is 12.2.